The van der Waals surface area contributed by atoms with Crippen LogP contribution in [0.4, 0.5) is 0 Å². The zero-order chi connectivity index (χ0) is 13.8. The summed E-state index contributed by atoms with van der Waals surface area (Å²) in [4.78, 5) is 21.8. The number of rotatable bonds is 11. The summed E-state index contributed by atoms with van der Waals surface area (Å²) in [7, 11) is 0. The highest BCUT2D eigenvalue weighted by Gasteiger charge is 2.09. The fraction of sp³-hybridized carbons (Fsp3) is 0.692. The average molecular weight is 256 g/mol. The van der Waals surface area contributed by atoms with E-state index < -0.39 is 5.97 Å². The molecule has 0 aliphatic heterocycles. The molecule has 0 aromatic heterocycles. The molecule has 5 nitrogen and oxygen atoms in total. The number of nitrogens with one attached hydrogen (secondary N) is 2. The molecule has 0 radical (unpaired) electrons. The molecule has 0 bridgehead atoms. The van der Waals surface area contributed by atoms with Crippen molar-refractivity contribution >= 4 is 11.9 Å². The van der Waals surface area contributed by atoms with Gasteiger partial charge in [-0.15, -0.1) is 6.58 Å². The Bertz CT molecular complexity index is 267. The molecular weight excluding hydrogens is 232 g/mol. The summed E-state index contributed by atoms with van der Waals surface area (Å²) in [6.45, 7) is 7.10. The molecule has 0 aliphatic rings. The van der Waals surface area contributed by atoms with E-state index in [1.54, 1.807) is 6.08 Å². The molecule has 1 amide bonds. The first-order valence-corrected chi connectivity index (χ1v) is 6.40. The lowest BCUT2D eigenvalue weighted by atomic mass is 9.97. The number of carboxylic acid groups (broad SMARTS) is 1. The summed E-state index contributed by atoms with van der Waals surface area (Å²) in [6, 6.07) is 0. The Balaban J connectivity index is 3.62. The van der Waals surface area contributed by atoms with Gasteiger partial charge in [0.25, 0.3) is 0 Å². The minimum Gasteiger partial charge on any atom is -0.481 e. The molecule has 1 unspecified atom stereocenters. The Morgan fingerprint density at radius 2 is 2.11 bits per heavy atom. The van der Waals surface area contributed by atoms with Crippen LogP contribution in [-0.2, 0) is 9.59 Å². The summed E-state index contributed by atoms with van der Waals surface area (Å²) >= 11 is 0. The largest absolute Gasteiger partial charge is 0.481 e. The van der Waals surface area contributed by atoms with Crippen LogP contribution in [0.2, 0.25) is 0 Å². The summed E-state index contributed by atoms with van der Waals surface area (Å²) in [6.07, 6.45) is 4.35. The maximum Gasteiger partial charge on any atom is 0.303 e. The van der Waals surface area contributed by atoms with Crippen LogP contribution in [0, 0.1) is 5.92 Å². The van der Waals surface area contributed by atoms with Gasteiger partial charge in [0, 0.05) is 19.5 Å². The summed E-state index contributed by atoms with van der Waals surface area (Å²) in [5.74, 6) is -0.432. The fourth-order valence-electron chi connectivity index (χ4n) is 1.65. The highest BCUT2D eigenvalue weighted by Crippen LogP contribution is 2.14. The van der Waals surface area contributed by atoms with Crippen LogP contribution >= 0.6 is 0 Å². The van der Waals surface area contributed by atoms with Crippen molar-refractivity contribution in [3.63, 3.8) is 0 Å². The third-order valence-electron chi connectivity index (χ3n) is 2.79. The number of carbonyl (C=O) groups excluding carboxylic acids is 1. The van der Waals surface area contributed by atoms with Gasteiger partial charge in [-0.3, -0.25) is 9.59 Å². The van der Waals surface area contributed by atoms with Crippen molar-refractivity contribution < 1.29 is 14.7 Å². The van der Waals surface area contributed by atoms with E-state index in [4.69, 9.17) is 5.11 Å². The molecule has 0 aromatic rings. The average Bonchev–Trinajstić information content (AvgIpc) is 2.33. The van der Waals surface area contributed by atoms with Gasteiger partial charge in [0.1, 0.15) is 0 Å². The van der Waals surface area contributed by atoms with Crippen molar-refractivity contribution in [3.8, 4) is 0 Å². The van der Waals surface area contributed by atoms with Gasteiger partial charge >= 0.3 is 5.97 Å². The monoisotopic (exact) mass is 256 g/mol. The maximum absolute atomic E-state index is 11.4. The van der Waals surface area contributed by atoms with Crippen LogP contribution in [0.1, 0.15) is 32.6 Å². The molecule has 0 spiro atoms. The molecule has 0 saturated carbocycles. The van der Waals surface area contributed by atoms with Gasteiger partial charge in [-0.1, -0.05) is 19.4 Å². The first-order valence-electron chi connectivity index (χ1n) is 6.40. The third kappa shape index (κ3) is 9.84. The number of hydrogen-bond acceptors (Lipinski definition) is 3. The molecule has 3 N–H and O–H groups in total. The van der Waals surface area contributed by atoms with E-state index in [1.165, 1.54) is 0 Å². The minimum absolute atomic E-state index is 0.0371. The highest BCUT2D eigenvalue weighted by atomic mass is 16.4. The van der Waals surface area contributed by atoms with Crippen molar-refractivity contribution in [2.45, 2.75) is 32.6 Å². The molecule has 18 heavy (non-hydrogen) atoms. The van der Waals surface area contributed by atoms with Crippen molar-refractivity contribution in [2.24, 2.45) is 5.92 Å². The maximum atomic E-state index is 11.4. The fourth-order valence-corrected chi connectivity index (χ4v) is 1.65. The SMILES string of the molecule is C=CCNCC(=O)NCCC(CC)CCC(=O)O. The Morgan fingerprint density at radius 1 is 1.39 bits per heavy atom. The summed E-state index contributed by atoms with van der Waals surface area (Å²) in [5, 5.41) is 14.3. The predicted molar refractivity (Wildman–Crippen MR) is 71.3 cm³/mol. The van der Waals surface area contributed by atoms with E-state index in [-0.39, 0.29) is 18.9 Å². The molecule has 0 rings (SSSR count). The molecule has 104 valence electrons. The lowest BCUT2D eigenvalue weighted by Gasteiger charge is -2.14. The molecule has 0 fully saturated rings. The number of hydrogen-bond donors (Lipinski definition) is 3. The van der Waals surface area contributed by atoms with Gasteiger partial charge in [0.05, 0.1) is 6.54 Å². The van der Waals surface area contributed by atoms with E-state index in [0.29, 0.717) is 25.4 Å². The second-order valence-electron chi connectivity index (χ2n) is 4.26. The van der Waals surface area contributed by atoms with E-state index in [0.717, 1.165) is 12.8 Å². The highest BCUT2D eigenvalue weighted by molar-refractivity contribution is 5.77. The first kappa shape index (κ1) is 16.6. The number of carboxylic acids is 1. The van der Waals surface area contributed by atoms with E-state index in [1.807, 2.05) is 6.92 Å². The lowest BCUT2D eigenvalue weighted by molar-refractivity contribution is -0.137. The standard InChI is InChI=1S/C13H24N2O3/c1-3-8-14-10-12(16)15-9-7-11(4-2)5-6-13(17)18/h3,11,14H,1,4-10H2,2H3,(H,15,16)(H,17,18). The molecule has 0 aromatic carbocycles. The summed E-state index contributed by atoms with van der Waals surface area (Å²) < 4.78 is 0. The number of carbonyl (C=O) groups is 2. The zero-order valence-electron chi connectivity index (χ0n) is 11.1. The molecule has 0 saturated heterocycles. The van der Waals surface area contributed by atoms with Crippen LogP contribution in [0.15, 0.2) is 12.7 Å². The molecule has 0 heterocycles. The zero-order valence-corrected chi connectivity index (χ0v) is 11.1. The second-order valence-corrected chi connectivity index (χ2v) is 4.26. The smallest absolute Gasteiger partial charge is 0.303 e. The quantitative estimate of drug-likeness (QED) is 0.383. The van der Waals surface area contributed by atoms with E-state index >= 15 is 0 Å². The van der Waals surface area contributed by atoms with Crippen molar-refractivity contribution in [1.82, 2.24) is 10.6 Å². The Kier molecular flexibility index (Phi) is 9.96. The predicted octanol–water partition coefficient (Wildman–Crippen LogP) is 1.16. The Labute approximate surface area is 109 Å². The van der Waals surface area contributed by atoms with Crippen LogP contribution in [0.25, 0.3) is 0 Å². The normalized spacial score (nSPS) is 11.8. The third-order valence-corrected chi connectivity index (χ3v) is 2.79. The van der Waals surface area contributed by atoms with E-state index in [2.05, 4.69) is 17.2 Å². The van der Waals surface area contributed by atoms with E-state index in [9.17, 15) is 9.59 Å². The summed E-state index contributed by atoms with van der Waals surface area (Å²) in [5.41, 5.74) is 0. The number of amides is 1. The molecular formula is C13H24N2O3. The van der Waals surface area contributed by atoms with Crippen LogP contribution in [0.5, 0.6) is 0 Å². The van der Waals surface area contributed by atoms with Crippen LogP contribution in [-0.4, -0.2) is 36.6 Å². The molecule has 0 aliphatic carbocycles. The second kappa shape index (κ2) is 10.8. The van der Waals surface area contributed by atoms with Gasteiger partial charge in [-0.25, -0.2) is 0 Å². The van der Waals surface area contributed by atoms with Gasteiger partial charge in [0.2, 0.25) is 5.91 Å². The van der Waals surface area contributed by atoms with Crippen molar-refractivity contribution in [1.29, 1.82) is 0 Å². The lowest BCUT2D eigenvalue weighted by Crippen LogP contribution is -2.35. The van der Waals surface area contributed by atoms with Gasteiger partial charge < -0.3 is 15.7 Å². The van der Waals surface area contributed by atoms with Gasteiger partial charge in [0.15, 0.2) is 0 Å². The Morgan fingerprint density at radius 3 is 2.67 bits per heavy atom. The van der Waals surface area contributed by atoms with Crippen LogP contribution < -0.4 is 10.6 Å². The van der Waals surface area contributed by atoms with Crippen molar-refractivity contribution in [2.75, 3.05) is 19.6 Å². The van der Waals surface area contributed by atoms with Crippen LogP contribution in [0.3, 0.4) is 0 Å². The minimum atomic E-state index is -0.758. The molecule has 1 atom stereocenters. The Hall–Kier alpha value is -1.36. The van der Waals surface area contributed by atoms with Gasteiger partial charge in [-0.05, 0) is 18.8 Å². The van der Waals surface area contributed by atoms with Gasteiger partial charge in [-0.2, -0.15) is 0 Å². The van der Waals surface area contributed by atoms with Crippen molar-refractivity contribution in [3.05, 3.63) is 12.7 Å². The molecule has 5 heteroatoms. The first-order chi connectivity index (χ1) is 8.60. The number of aliphatic carboxylic acids is 1. The topological polar surface area (TPSA) is 78.4 Å².